The minimum absolute atomic E-state index is 0.0915. The van der Waals surface area contributed by atoms with Crippen LogP contribution in [0.4, 0.5) is 5.69 Å². The van der Waals surface area contributed by atoms with Gasteiger partial charge in [0.15, 0.2) is 0 Å². The lowest BCUT2D eigenvalue weighted by Gasteiger charge is -2.10. The van der Waals surface area contributed by atoms with Crippen LogP contribution in [-0.2, 0) is 28.3 Å². The third-order valence-electron chi connectivity index (χ3n) is 4.65. The molecule has 7 nitrogen and oxygen atoms in total. The van der Waals surface area contributed by atoms with Gasteiger partial charge in [0, 0.05) is 44.6 Å². The summed E-state index contributed by atoms with van der Waals surface area (Å²) in [5.41, 5.74) is 2.19. The van der Waals surface area contributed by atoms with E-state index in [1.807, 2.05) is 42.1 Å². The SMILES string of the molecule is CSc1cccc(NC(=O)CCc2nc3cc(S(=O)(=O)N(C)C)ccc3n2C)c1. The monoisotopic (exact) mass is 432 g/mol. The van der Waals surface area contributed by atoms with Crippen molar-refractivity contribution < 1.29 is 13.2 Å². The van der Waals surface area contributed by atoms with Gasteiger partial charge in [0.25, 0.3) is 0 Å². The Kier molecular flexibility index (Phi) is 6.30. The third-order valence-corrected chi connectivity index (χ3v) is 7.19. The van der Waals surface area contributed by atoms with Crippen LogP contribution in [0.15, 0.2) is 52.3 Å². The lowest BCUT2D eigenvalue weighted by Crippen LogP contribution is -2.22. The van der Waals surface area contributed by atoms with Crippen molar-refractivity contribution in [1.29, 1.82) is 0 Å². The molecule has 3 aromatic rings. The molecular formula is C20H24N4O3S2. The number of nitrogens with zero attached hydrogens (tertiary/aromatic N) is 3. The van der Waals surface area contributed by atoms with Gasteiger partial charge < -0.3 is 9.88 Å². The molecule has 0 saturated heterocycles. The number of thioether (sulfide) groups is 1. The van der Waals surface area contributed by atoms with Gasteiger partial charge in [-0.1, -0.05) is 6.07 Å². The molecule has 0 unspecified atom stereocenters. The molecule has 0 aliphatic rings. The topological polar surface area (TPSA) is 84.3 Å². The second kappa shape index (κ2) is 8.56. The largest absolute Gasteiger partial charge is 0.331 e. The zero-order valence-corrected chi connectivity index (χ0v) is 18.5. The van der Waals surface area contributed by atoms with Crippen molar-refractivity contribution in [1.82, 2.24) is 13.9 Å². The average Bonchev–Trinajstić information content (AvgIpc) is 3.01. The van der Waals surface area contributed by atoms with Gasteiger partial charge >= 0.3 is 0 Å². The molecule has 1 amide bonds. The molecule has 0 spiro atoms. The van der Waals surface area contributed by atoms with Gasteiger partial charge in [0.05, 0.1) is 15.9 Å². The van der Waals surface area contributed by atoms with Gasteiger partial charge in [-0.25, -0.2) is 17.7 Å². The van der Waals surface area contributed by atoms with Gasteiger partial charge in [0.2, 0.25) is 15.9 Å². The molecule has 0 aliphatic carbocycles. The summed E-state index contributed by atoms with van der Waals surface area (Å²) in [4.78, 5) is 18.2. The standard InChI is InChI=1S/C20H24N4O3S2/c1-23(2)29(26,27)16-8-9-18-17(13-16)22-19(24(18)3)10-11-20(25)21-14-6-5-7-15(12-14)28-4/h5-9,12-13H,10-11H2,1-4H3,(H,21,25). The highest BCUT2D eigenvalue weighted by Gasteiger charge is 2.19. The highest BCUT2D eigenvalue weighted by atomic mass is 32.2. The second-order valence-electron chi connectivity index (χ2n) is 6.81. The molecule has 0 atom stereocenters. The second-order valence-corrected chi connectivity index (χ2v) is 9.84. The summed E-state index contributed by atoms with van der Waals surface area (Å²) in [6.07, 6.45) is 2.72. The summed E-state index contributed by atoms with van der Waals surface area (Å²) in [5, 5.41) is 2.91. The number of hydrogen-bond donors (Lipinski definition) is 1. The van der Waals surface area contributed by atoms with Crippen LogP contribution in [0.3, 0.4) is 0 Å². The van der Waals surface area contributed by atoms with E-state index in [1.54, 1.807) is 30.0 Å². The zero-order valence-electron chi connectivity index (χ0n) is 16.8. The quantitative estimate of drug-likeness (QED) is 0.580. The number of benzene rings is 2. The summed E-state index contributed by atoms with van der Waals surface area (Å²) in [6.45, 7) is 0. The predicted octanol–water partition coefficient (Wildman–Crippen LogP) is 3.12. The fourth-order valence-corrected chi connectivity index (χ4v) is 4.36. The van der Waals surface area contributed by atoms with E-state index in [1.165, 1.54) is 18.4 Å². The van der Waals surface area contributed by atoms with Crippen molar-refractivity contribution >= 4 is 44.4 Å². The average molecular weight is 433 g/mol. The van der Waals surface area contributed by atoms with E-state index >= 15 is 0 Å². The van der Waals surface area contributed by atoms with E-state index in [9.17, 15) is 13.2 Å². The van der Waals surface area contributed by atoms with Gasteiger partial charge in [0.1, 0.15) is 5.82 Å². The number of nitrogens with one attached hydrogen (secondary N) is 1. The van der Waals surface area contributed by atoms with Crippen molar-refractivity contribution in [2.75, 3.05) is 25.7 Å². The third kappa shape index (κ3) is 4.63. The Morgan fingerprint density at radius 2 is 1.97 bits per heavy atom. The maximum atomic E-state index is 12.3. The smallest absolute Gasteiger partial charge is 0.242 e. The van der Waals surface area contributed by atoms with E-state index in [0.717, 1.165) is 21.9 Å². The Labute approximate surface area is 175 Å². The number of rotatable bonds is 7. The Hall–Kier alpha value is -2.36. The van der Waals surface area contributed by atoms with Crippen molar-refractivity contribution in [2.24, 2.45) is 7.05 Å². The van der Waals surface area contributed by atoms with Gasteiger partial charge in [-0.15, -0.1) is 11.8 Å². The minimum Gasteiger partial charge on any atom is -0.331 e. The first kappa shape index (κ1) is 21.4. The lowest BCUT2D eigenvalue weighted by molar-refractivity contribution is -0.116. The van der Waals surface area contributed by atoms with Gasteiger partial charge in [-0.05, 0) is 42.7 Å². The first-order chi connectivity index (χ1) is 13.7. The minimum atomic E-state index is -3.52. The Bertz CT molecular complexity index is 1150. The van der Waals surface area contributed by atoms with E-state index in [2.05, 4.69) is 10.3 Å². The summed E-state index contributed by atoms with van der Waals surface area (Å²) < 4.78 is 27.7. The number of carbonyl (C=O) groups excluding carboxylic acids is 1. The van der Waals surface area contributed by atoms with Gasteiger partial charge in [-0.3, -0.25) is 4.79 Å². The number of aryl methyl sites for hydroxylation is 2. The molecule has 29 heavy (non-hydrogen) atoms. The highest BCUT2D eigenvalue weighted by molar-refractivity contribution is 7.98. The fourth-order valence-electron chi connectivity index (χ4n) is 2.97. The normalized spacial score (nSPS) is 11.9. The fraction of sp³-hybridized carbons (Fsp3) is 0.300. The molecule has 1 N–H and O–H groups in total. The molecule has 9 heteroatoms. The van der Waals surface area contributed by atoms with Crippen molar-refractivity contribution in [3.05, 3.63) is 48.3 Å². The zero-order chi connectivity index (χ0) is 21.2. The summed E-state index contributed by atoms with van der Waals surface area (Å²) in [7, 11) is 1.34. The van der Waals surface area contributed by atoms with Crippen LogP contribution in [-0.4, -0.2) is 48.5 Å². The number of anilines is 1. The van der Waals surface area contributed by atoms with Crippen LogP contribution in [0.25, 0.3) is 11.0 Å². The highest BCUT2D eigenvalue weighted by Crippen LogP contribution is 2.22. The molecule has 0 bridgehead atoms. The lowest BCUT2D eigenvalue weighted by atomic mass is 10.2. The number of fused-ring (bicyclic) bond motifs is 1. The molecule has 0 aliphatic heterocycles. The summed E-state index contributed by atoms with van der Waals surface area (Å²) in [6, 6.07) is 12.6. The molecule has 0 saturated carbocycles. The van der Waals surface area contributed by atoms with Gasteiger partial charge in [-0.2, -0.15) is 0 Å². The Morgan fingerprint density at radius 3 is 2.66 bits per heavy atom. The molecule has 0 radical (unpaired) electrons. The number of amides is 1. The first-order valence-electron chi connectivity index (χ1n) is 9.04. The van der Waals surface area contributed by atoms with Crippen LogP contribution in [0.1, 0.15) is 12.2 Å². The van der Waals surface area contributed by atoms with E-state index < -0.39 is 10.0 Å². The van der Waals surface area contributed by atoms with Crippen molar-refractivity contribution in [2.45, 2.75) is 22.6 Å². The van der Waals surface area contributed by atoms with Crippen LogP contribution < -0.4 is 5.32 Å². The number of imidazole rings is 1. The van der Waals surface area contributed by atoms with Crippen molar-refractivity contribution in [3.8, 4) is 0 Å². The molecule has 154 valence electrons. The van der Waals surface area contributed by atoms with Crippen LogP contribution in [0.2, 0.25) is 0 Å². The number of aromatic nitrogens is 2. The molecule has 2 aromatic carbocycles. The van der Waals surface area contributed by atoms with Crippen LogP contribution in [0, 0.1) is 0 Å². The maximum absolute atomic E-state index is 12.3. The first-order valence-corrected chi connectivity index (χ1v) is 11.7. The van der Waals surface area contributed by atoms with Crippen LogP contribution in [0.5, 0.6) is 0 Å². The Balaban J connectivity index is 1.74. The number of sulfonamides is 1. The molecule has 0 fully saturated rings. The predicted molar refractivity (Wildman–Crippen MR) is 117 cm³/mol. The number of carbonyl (C=O) groups is 1. The summed E-state index contributed by atoms with van der Waals surface area (Å²) in [5.74, 6) is 0.638. The number of hydrogen-bond acceptors (Lipinski definition) is 5. The molecular weight excluding hydrogens is 408 g/mol. The Morgan fingerprint density at radius 1 is 1.21 bits per heavy atom. The van der Waals surface area contributed by atoms with Crippen molar-refractivity contribution in [3.63, 3.8) is 0 Å². The molecule has 3 rings (SSSR count). The molecule has 1 heterocycles. The maximum Gasteiger partial charge on any atom is 0.242 e. The summed E-state index contributed by atoms with van der Waals surface area (Å²) >= 11 is 1.62. The van der Waals surface area contributed by atoms with Crippen LogP contribution >= 0.6 is 11.8 Å². The van der Waals surface area contributed by atoms with E-state index in [0.29, 0.717) is 11.9 Å². The van der Waals surface area contributed by atoms with E-state index in [-0.39, 0.29) is 17.2 Å². The van der Waals surface area contributed by atoms with E-state index in [4.69, 9.17) is 0 Å². The molecule has 1 aromatic heterocycles.